The topological polar surface area (TPSA) is 107 Å². The highest BCUT2D eigenvalue weighted by atomic mass is 32.2. The van der Waals surface area contributed by atoms with Crippen molar-refractivity contribution in [3.05, 3.63) is 85.5 Å². The fraction of sp³-hybridized carbons (Fsp3) is 0.292. The molecule has 0 aromatic heterocycles. The van der Waals surface area contributed by atoms with E-state index in [4.69, 9.17) is 4.74 Å². The van der Waals surface area contributed by atoms with Crippen LogP contribution in [-0.2, 0) is 24.4 Å². The molecule has 0 radical (unpaired) electrons. The normalized spacial score (nSPS) is 22.9. The zero-order valence-corrected chi connectivity index (χ0v) is 19.8. The SMILES string of the molecule is C=CCOC(=O)N[C@@H]1C=C[C@H](CC)[C@H](S(=O)(=O)c2ccccc2)[C@H]1S(=O)(=O)c1ccccc1. The molecule has 4 atom stereocenters. The van der Waals surface area contributed by atoms with Crippen molar-refractivity contribution in [3.8, 4) is 0 Å². The fourth-order valence-corrected chi connectivity index (χ4v) is 9.00. The molecule has 9 heteroatoms. The fourth-order valence-electron chi connectivity index (χ4n) is 4.05. The van der Waals surface area contributed by atoms with E-state index in [0.29, 0.717) is 6.42 Å². The van der Waals surface area contributed by atoms with Gasteiger partial charge in [-0.2, -0.15) is 0 Å². The molecule has 0 saturated carbocycles. The number of benzene rings is 2. The van der Waals surface area contributed by atoms with Gasteiger partial charge in [-0.05, 0) is 36.6 Å². The Kier molecular flexibility index (Phi) is 7.76. The lowest BCUT2D eigenvalue weighted by atomic mass is 9.90. The second-order valence-corrected chi connectivity index (χ2v) is 11.9. The van der Waals surface area contributed by atoms with E-state index in [0.717, 1.165) is 0 Å². The lowest BCUT2D eigenvalue weighted by molar-refractivity contribution is 0.155. The van der Waals surface area contributed by atoms with Gasteiger partial charge in [0.05, 0.1) is 21.1 Å². The number of hydrogen-bond donors (Lipinski definition) is 1. The predicted molar refractivity (Wildman–Crippen MR) is 126 cm³/mol. The third kappa shape index (κ3) is 5.20. The molecule has 33 heavy (non-hydrogen) atoms. The standard InChI is InChI=1S/C24H27NO6S2/c1-3-17-31-24(26)25-21-16-15-18(4-2)22(32(27,28)19-11-7-5-8-12-19)23(21)33(29,30)20-13-9-6-10-14-20/h3,5-16,18,21-23H,1,4,17H2,2H3,(H,25,26)/t18-,21+,22-,23-/m0/s1. The Balaban J connectivity index is 2.18. The number of nitrogens with one attached hydrogen (secondary N) is 1. The van der Waals surface area contributed by atoms with E-state index in [1.165, 1.54) is 30.3 Å². The van der Waals surface area contributed by atoms with E-state index in [9.17, 15) is 21.6 Å². The van der Waals surface area contributed by atoms with E-state index in [1.54, 1.807) is 55.5 Å². The molecule has 2 aromatic rings. The van der Waals surface area contributed by atoms with Crippen molar-refractivity contribution in [3.63, 3.8) is 0 Å². The van der Waals surface area contributed by atoms with Gasteiger partial charge in [0.1, 0.15) is 11.9 Å². The molecule has 1 amide bonds. The highest BCUT2D eigenvalue weighted by molar-refractivity contribution is 7.96. The summed E-state index contributed by atoms with van der Waals surface area (Å²) in [5, 5.41) is -0.238. The molecule has 0 aliphatic heterocycles. The molecule has 0 heterocycles. The quantitative estimate of drug-likeness (QED) is 0.569. The first-order chi connectivity index (χ1) is 15.7. The minimum atomic E-state index is -4.18. The van der Waals surface area contributed by atoms with E-state index in [2.05, 4.69) is 11.9 Å². The van der Waals surface area contributed by atoms with Crippen LogP contribution >= 0.6 is 0 Å². The number of carbonyl (C=O) groups excluding carboxylic acids is 1. The smallest absolute Gasteiger partial charge is 0.407 e. The summed E-state index contributed by atoms with van der Waals surface area (Å²) in [5.41, 5.74) is 0. The first-order valence-corrected chi connectivity index (χ1v) is 13.6. The third-order valence-corrected chi connectivity index (χ3v) is 10.3. The van der Waals surface area contributed by atoms with Gasteiger partial charge in [-0.1, -0.05) is 68.1 Å². The minimum Gasteiger partial charge on any atom is -0.445 e. The Hall–Kier alpha value is -2.91. The summed E-state index contributed by atoms with van der Waals surface area (Å²) in [6.45, 7) is 5.22. The van der Waals surface area contributed by atoms with E-state index >= 15 is 0 Å². The van der Waals surface area contributed by atoms with Crippen molar-refractivity contribution in [2.24, 2.45) is 5.92 Å². The van der Waals surface area contributed by atoms with Gasteiger partial charge in [-0.25, -0.2) is 21.6 Å². The summed E-state index contributed by atoms with van der Waals surface area (Å²) >= 11 is 0. The van der Waals surface area contributed by atoms with Crippen molar-refractivity contribution < 1.29 is 26.4 Å². The Bertz CT molecular complexity index is 1210. The van der Waals surface area contributed by atoms with Gasteiger partial charge < -0.3 is 10.1 Å². The van der Waals surface area contributed by atoms with Crippen molar-refractivity contribution in [1.29, 1.82) is 0 Å². The average Bonchev–Trinajstić information content (AvgIpc) is 2.83. The number of hydrogen-bond acceptors (Lipinski definition) is 6. The molecule has 2 aromatic carbocycles. The zero-order chi connectivity index (χ0) is 24.1. The highest BCUT2D eigenvalue weighted by Gasteiger charge is 2.51. The maximum atomic E-state index is 13.8. The molecule has 1 N–H and O–H groups in total. The summed E-state index contributed by atoms with van der Waals surface area (Å²) in [6.07, 6.45) is 4.14. The average molecular weight is 490 g/mol. The van der Waals surface area contributed by atoms with E-state index in [-0.39, 0.29) is 16.4 Å². The predicted octanol–water partition coefficient (Wildman–Crippen LogP) is 3.55. The molecular weight excluding hydrogens is 462 g/mol. The van der Waals surface area contributed by atoms with Gasteiger partial charge in [0.25, 0.3) is 0 Å². The van der Waals surface area contributed by atoms with Crippen LogP contribution in [0, 0.1) is 5.92 Å². The molecule has 1 aliphatic rings. The monoisotopic (exact) mass is 489 g/mol. The highest BCUT2D eigenvalue weighted by Crippen LogP contribution is 2.37. The van der Waals surface area contributed by atoms with E-state index < -0.39 is 48.2 Å². The van der Waals surface area contributed by atoms with Gasteiger partial charge in [-0.15, -0.1) is 0 Å². The number of allylic oxidation sites excluding steroid dienone is 1. The summed E-state index contributed by atoms with van der Waals surface area (Å²) in [7, 11) is -8.27. The van der Waals surface area contributed by atoms with Crippen LogP contribution in [-0.4, -0.2) is 46.1 Å². The largest absolute Gasteiger partial charge is 0.445 e. The van der Waals surface area contributed by atoms with Gasteiger partial charge in [0.15, 0.2) is 19.7 Å². The number of amides is 1. The Morgan fingerprint density at radius 3 is 1.91 bits per heavy atom. The maximum absolute atomic E-state index is 13.8. The van der Waals surface area contributed by atoms with Gasteiger partial charge in [-0.3, -0.25) is 0 Å². The number of ether oxygens (including phenoxy) is 1. The minimum absolute atomic E-state index is 0.0142. The third-order valence-electron chi connectivity index (χ3n) is 5.61. The van der Waals surface area contributed by atoms with Crippen LogP contribution in [0.15, 0.2) is 95.3 Å². The van der Waals surface area contributed by atoms with Crippen LogP contribution in [0.4, 0.5) is 4.79 Å². The van der Waals surface area contributed by atoms with Crippen LogP contribution in [0.5, 0.6) is 0 Å². The van der Waals surface area contributed by atoms with Crippen LogP contribution in [0.1, 0.15) is 13.3 Å². The molecule has 0 bridgehead atoms. The maximum Gasteiger partial charge on any atom is 0.407 e. The molecule has 1 aliphatic carbocycles. The second kappa shape index (κ2) is 10.4. The molecular formula is C24H27NO6S2. The molecule has 3 rings (SSSR count). The van der Waals surface area contributed by atoms with E-state index in [1.807, 2.05) is 0 Å². The number of carbonyl (C=O) groups is 1. The van der Waals surface area contributed by atoms with Gasteiger partial charge in [0.2, 0.25) is 0 Å². The van der Waals surface area contributed by atoms with Crippen LogP contribution in [0.3, 0.4) is 0 Å². The van der Waals surface area contributed by atoms with Crippen LogP contribution in [0.25, 0.3) is 0 Å². The number of sulfone groups is 2. The zero-order valence-electron chi connectivity index (χ0n) is 18.2. The number of rotatable bonds is 8. The van der Waals surface area contributed by atoms with Crippen LogP contribution in [0.2, 0.25) is 0 Å². The molecule has 0 saturated heterocycles. The summed E-state index contributed by atoms with van der Waals surface area (Å²) in [6, 6.07) is 14.3. The summed E-state index contributed by atoms with van der Waals surface area (Å²) in [4.78, 5) is 12.3. The van der Waals surface area contributed by atoms with Gasteiger partial charge >= 0.3 is 6.09 Å². The molecule has 176 valence electrons. The molecule has 0 fully saturated rings. The first kappa shape index (κ1) is 24.7. The lowest BCUT2D eigenvalue weighted by Gasteiger charge is -2.38. The molecule has 0 spiro atoms. The first-order valence-electron chi connectivity index (χ1n) is 10.5. The summed E-state index contributed by atoms with van der Waals surface area (Å²) < 4.78 is 60.2. The molecule has 7 nitrogen and oxygen atoms in total. The second-order valence-electron chi connectivity index (χ2n) is 7.66. The Labute approximate surface area is 195 Å². The lowest BCUT2D eigenvalue weighted by Crippen LogP contribution is -2.57. The number of alkyl carbamates (subject to hydrolysis) is 1. The van der Waals surface area contributed by atoms with Crippen LogP contribution < -0.4 is 5.32 Å². The van der Waals surface area contributed by atoms with Crippen molar-refractivity contribution >= 4 is 25.8 Å². The molecule has 0 unspecified atom stereocenters. The Morgan fingerprint density at radius 2 is 1.42 bits per heavy atom. The Morgan fingerprint density at radius 1 is 0.909 bits per heavy atom. The van der Waals surface area contributed by atoms with Gasteiger partial charge in [0, 0.05) is 0 Å². The van der Waals surface area contributed by atoms with Crippen molar-refractivity contribution in [1.82, 2.24) is 5.32 Å². The summed E-state index contributed by atoms with van der Waals surface area (Å²) in [5.74, 6) is -0.569. The van der Waals surface area contributed by atoms with Crippen molar-refractivity contribution in [2.45, 2.75) is 39.7 Å². The van der Waals surface area contributed by atoms with Crippen molar-refractivity contribution in [2.75, 3.05) is 6.61 Å².